The molecule has 0 bridgehead atoms. The van der Waals surface area contributed by atoms with Crippen molar-refractivity contribution in [1.82, 2.24) is 19.7 Å². The summed E-state index contributed by atoms with van der Waals surface area (Å²) in [5.41, 5.74) is 3.59. The molecule has 32 heavy (non-hydrogen) atoms. The van der Waals surface area contributed by atoms with Gasteiger partial charge in [-0.3, -0.25) is 14.3 Å². The maximum absolute atomic E-state index is 12.9. The van der Waals surface area contributed by atoms with Gasteiger partial charge in [-0.05, 0) is 49.2 Å². The lowest BCUT2D eigenvalue weighted by Crippen LogP contribution is -2.23. The summed E-state index contributed by atoms with van der Waals surface area (Å²) in [6, 6.07) is 19.4. The molecule has 4 rings (SSSR count). The first-order valence-corrected chi connectivity index (χ1v) is 11.4. The van der Waals surface area contributed by atoms with Gasteiger partial charge < -0.3 is 5.32 Å². The van der Waals surface area contributed by atoms with E-state index in [4.69, 9.17) is 11.6 Å². The third-order valence-corrected chi connectivity index (χ3v) is 6.51. The van der Waals surface area contributed by atoms with Crippen LogP contribution in [0.4, 0.5) is 5.69 Å². The highest BCUT2D eigenvalue weighted by Crippen LogP contribution is 2.29. The number of aromatic nitrogens is 4. The minimum Gasteiger partial charge on any atom is -0.325 e. The molecule has 1 unspecified atom stereocenters. The lowest BCUT2D eigenvalue weighted by Gasteiger charge is -2.15. The molecule has 1 atom stereocenters. The minimum atomic E-state index is -0.391. The number of hydrogen-bond acceptors (Lipinski definition) is 5. The number of anilines is 1. The van der Waals surface area contributed by atoms with Crippen LogP contribution < -0.4 is 5.32 Å². The van der Waals surface area contributed by atoms with E-state index in [1.54, 1.807) is 18.5 Å². The molecule has 0 saturated heterocycles. The van der Waals surface area contributed by atoms with Crippen molar-refractivity contribution in [2.45, 2.75) is 30.8 Å². The van der Waals surface area contributed by atoms with Gasteiger partial charge >= 0.3 is 0 Å². The van der Waals surface area contributed by atoms with E-state index in [2.05, 4.69) is 32.6 Å². The van der Waals surface area contributed by atoms with Crippen LogP contribution >= 0.6 is 23.4 Å². The van der Waals surface area contributed by atoms with Crippen molar-refractivity contribution in [3.05, 3.63) is 89.2 Å². The van der Waals surface area contributed by atoms with Gasteiger partial charge in [0.2, 0.25) is 5.91 Å². The molecule has 8 heteroatoms. The van der Waals surface area contributed by atoms with Gasteiger partial charge in [0, 0.05) is 28.7 Å². The number of pyridine rings is 1. The molecule has 2 heterocycles. The van der Waals surface area contributed by atoms with Gasteiger partial charge in [0.05, 0.1) is 11.8 Å². The number of amides is 1. The number of carbonyl (C=O) groups is 1. The highest BCUT2D eigenvalue weighted by molar-refractivity contribution is 8.00. The Morgan fingerprint density at radius 2 is 1.81 bits per heavy atom. The van der Waals surface area contributed by atoms with Crippen molar-refractivity contribution in [1.29, 1.82) is 0 Å². The van der Waals surface area contributed by atoms with Crippen molar-refractivity contribution < 1.29 is 4.79 Å². The number of benzene rings is 2. The quantitative estimate of drug-likeness (QED) is 0.368. The van der Waals surface area contributed by atoms with Crippen molar-refractivity contribution in [3.8, 4) is 11.4 Å². The second-order valence-electron chi connectivity index (χ2n) is 7.28. The zero-order chi connectivity index (χ0) is 22.5. The van der Waals surface area contributed by atoms with E-state index in [9.17, 15) is 4.79 Å². The Bertz CT molecular complexity index is 1210. The Balaban J connectivity index is 1.59. The Morgan fingerprint density at radius 1 is 1.06 bits per heavy atom. The molecule has 0 spiro atoms. The molecule has 2 aromatic heterocycles. The molecule has 0 fully saturated rings. The Morgan fingerprint density at radius 3 is 2.56 bits per heavy atom. The van der Waals surface area contributed by atoms with E-state index in [1.807, 2.05) is 60.9 Å². The monoisotopic (exact) mass is 463 g/mol. The van der Waals surface area contributed by atoms with E-state index >= 15 is 0 Å². The average Bonchev–Trinajstić information content (AvgIpc) is 3.20. The first-order valence-electron chi connectivity index (χ1n) is 10.1. The summed E-state index contributed by atoms with van der Waals surface area (Å²) in [4.78, 5) is 17.0. The lowest BCUT2D eigenvalue weighted by atomic mass is 10.2. The normalized spacial score (nSPS) is 11.8. The maximum atomic E-state index is 12.9. The van der Waals surface area contributed by atoms with Gasteiger partial charge in [-0.15, -0.1) is 10.2 Å². The third-order valence-electron chi connectivity index (χ3n) is 5.02. The van der Waals surface area contributed by atoms with Crippen molar-refractivity contribution >= 4 is 35.0 Å². The highest BCUT2D eigenvalue weighted by Gasteiger charge is 2.22. The molecular weight excluding hydrogens is 442 g/mol. The number of rotatable bonds is 7. The molecule has 162 valence electrons. The molecule has 0 aliphatic rings. The second kappa shape index (κ2) is 9.97. The topological polar surface area (TPSA) is 72.7 Å². The molecule has 0 radical (unpaired) electrons. The van der Waals surface area contributed by atoms with Crippen LogP contribution in [-0.4, -0.2) is 30.9 Å². The van der Waals surface area contributed by atoms with Crippen LogP contribution in [0.15, 0.2) is 78.2 Å². The van der Waals surface area contributed by atoms with Crippen LogP contribution in [0.25, 0.3) is 11.4 Å². The summed E-state index contributed by atoms with van der Waals surface area (Å²) in [5, 5.41) is 12.7. The summed E-state index contributed by atoms with van der Waals surface area (Å²) in [6.07, 6.45) is 3.46. The average molecular weight is 464 g/mol. The number of carbonyl (C=O) groups excluding carboxylic acids is 1. The van der Waals surface area contributed by atoms with Gasteiger partial charge in [0.1, 0.15) is 0 Å². The van der Waals surface area contributed by atoms with Crippen LogP contribution in [0.1, 0.15) is 18.1 Å². The Labute approximate surface area is 196 Å². The summed E-state index contributed by atoms with van der Waals surface area (Å²) < 4.78 is 2.03. The van der Waals surface area contributed by atoms with Crippen LogP contribution in [0, 0.1) is 6.92 Å². The van der Waals surface area contributed by atoms with Crippen molar-refractivity contribution in [2.75, 3.05) is 5.32 Å². The molecular formula is C24H22ClN5OS. The minimum absolute atomic E-state index is 0.125. The summed E-state index contributed by atoms with van der Waals surface area (Å²) >= 11 is 7.55. The van der Waals surface area contributed by atoms with E-state index in [0.717, 1.165) is 22.5 Å². The van der Waals surface area contributed by atoms with E-state index in [0.29, 0.717) is 22.4 Å². The zero-order valence-corrected chi connectivity index (χ0v) is 19.3. The second-order valence-corrected chi connectivity index (χ2v) is 8.99. The van der Waals surface area contributed by atoms with Gasteiger partial charge in [0.25, 0.3) is 0 Å². The smallest absolute Gasteiger partial charge is 0.237 e. The third kappa shape index (κ3) is 5.00. The Kier molecular flexibility index (Phi) is 6.87. The van der Waals surface area contributed by atoms with Crippen LogP contribution in [0.2, 0.25) is 5.02 Å². The largest absolute Gasteiger partial charge is 0.325 e. The van der Waals surface area contributed by atoms with Crippen LogP contribution in [0.3, 0.4) is 0 Å². The predicted molar refractivity (Wildman–Crippen MR) is 129 cm³/mol. The number of thioether (sulfide) groups is 1. The first kappa shape index (κ1) is 22.0. The zero-order valence-electron chi connectivity index (χ0n) is 17.7. The molecule has 0 aliphatic carbocycles. The molecule has 0 saturated carbocycles. The molecule has 2 aromatic carbocycles. The first-order chi connectivity index (χ1) is 15.5. The summed E-state index contributed by atoms with van der Waals surface area (Å²) in [7, 11) is 0. The Hall–Kier alpha value is -3.16. The molecule has 0 aliphatic heterocycles. The van der Waals surface area contributed by atoms with Gasteiger partial charge in [-0.2, -0.15) is 0 Å². The van der Waals surface area contributed by atoms with Gasteiger partial charge in [0.15, 0.2) is 11.0 Å². The van der Waals surface area contributed by atoms with E-state index < -0.39 is 5.25 Å². The number of nitrogens with zero attached hydrogens (tertiary/aromatic N) is 4. The van der Waals surface area contributed by atoms with Gasteiger partial charge in [-0.1, -0.05) is 59.8 Å². The van der Waals surface area contributed by atoms with Crippen molar-refractivity contribution in [3.63, 3.8) is 0 Å². The summed E-state index contributed by atoms with van der Waals surface area (Å²) in [5.74, 6) is 0.608. The fraction of sp³-hybridized carbons (Fsp3) is 0.167. The standard InChI is InChI=1S/C24H22ClN5OS/c1-16-20(25)9-6-10-21(16)27-23(31)17(2)32-24-29-28-22(19-11-13-26-14-12-19)30(24)15-18-7-4-3-5-8-18/h3-14,17H,15H2,1-2H3,(H,27,31). The van der Waals surface area contributed by atoms with E-state index in [1.165, 1.54) is 11.8 Å². The lowest BCUT2D eigenvalue weighted by molar-refractivity contribution is -0.115. The predicted octanol–water partition coefficient (Wildman–Crippen LogP) is 5.47. The fourth-order valence-corrected chi connectivity index (χ4v) is 4.21. The maximum Gasteiger partial charge on any atom is 0.237 e. The van der Waals surface area contributed by atoms with Crippen molar-refractivity contribution in [2.24, 2.45) is 0 Å². The van der Waals surface area contributed by atoms with E-state index in [-0.39, 0.29) is 5.91 Å². The number of nitrogens with one attached hydrogen (secondary N) is 1. The highest BCUT2D eigenvalue weighted by atomic mass is 35.5. The SMILES string of the molecule is Cc1c(Cl)cccc1NC(=O)C(C)Sc1nnc(-c2ccncc2)n1Cc1ccccc1. The fourth-order valence-electron chi connectivity index (χ4n) is 3.19. The molecule has 1 amide bonds. The van der Waals surface area contributed by atoms with Gasteiger partial charge in [-0.25, -0.2) is 0 Å². The van der Waals surface area contributed by atoms with Crippen LogP contribution in [-0.2, 0) is 11.3 Å². The summed E-state index contributed by atoms with van der Waals surface area (Å²) in [6.45, 7) is 4.33. The van der Waals surface area contributed by atoms with Crippen LogP contribution in [0.5, 0.6) is 0 Å². The number of halogens is 1. The molecule has 6 nitrogen and oxygen atoms in total. The molecule has 4 aromatic rings. The number of hydrogen-bond donors (Lipinski definition) is 1. The molecule has 1 N–H and O–H groups in total.